The molecular weight excluding hydrogens is 677 g/mol. The van der Waals surface area contributed by atoms with Crippen molar-refractivity contribution in [2.24, 2.45) is 0 Å². The van der Waals surface area contributed by atoms with Gasteiger partial charge in [-0.05, 0) is 110 Å². The zero-order valence-corrected chi connectivity index (χ0v) is 30.7. The molecule has 262 valence electrons. The number of hydrogen-bond donors (Lipinski definition) is 0. The summed E-state index contributed by atoms with van der Waals surface area (Å²) in [5.74, 6) is 0. The fourth-order valence-electron chi connectivity index (χ4n) is 8.63. The summed E-state index contributed by atoms with van der Waals surface area (Å²) < 4.78 is 2.40. The Labute approximate surface area is 325 Å². The molecule has 0 spiro atoms. The summed E-state index contributed by atoms with van der Waals surface area (Å²) in [4.78, 5) is 2.41. The van der Waals surface area contributed by atoms with E-state index >= 15 is 0 Å². The van der Waals surface area contributed by atoms with Crippen LogP contribution in [0.25, 0.3) is 82.1 Å². The lowest BCUT2D eigenvalue weighted by atomic mass is 9.98. The molecule has 0 aliphatic carbocycles. The fraction of sp³-hybridized carbons (Fsp3) is 0. The second kappa shape index (κ2) is 13.2. The Kier molecular flexibility index (Phi) is 7.53. The second-order valence-electron chi connectivity index (χ2n) is 14.6. The molecule has 2 heteroatoms. The minimum atomic E-state index is 1.11. The van der Waals surface area contributed by atoms with Gasteiger partial charge >= 0.3 is 0 Å². The number of benzene rings is 10. The highest BCUT2D eigenvalue weighted by molar-refractivity contribution is 6.15. The van der Waals surface area contributed by atoms with Crippen LogP contribution in [0.4, 0.5) is 17.1 Å². The van der Waals surface area contributed by atoms with Crippen molar-refractivity contribution in [2.45, 2.75) is 0 Å². The summed E-state index contributed by atoms with van der Waals surface area (Å²) in [6, 6.07) is 79.5. The predicted octanol–water partition coefficient (Wildman–Crippen LogP) is 15.0. The van der Waals surface area contributed by atoms with Gasteiger partial charge in [0.2, 0.25) is 0 Å². The smallest absolute Gasteiger partial charge is 0.0546 e. The number of rotatable bonds is 6. The van der Waals surface area contributed by atoms with E-state index in [1.54, 1.807) is 0 Å². The largest absolute Gasteiger partial charge is 0.310 e. The molecular formula is C54H36N2. The zero-order chi connectivity index (χ0) is 37.0. The Morgan fingerprint density at radius 1 is 0.286 bits per heavy atom. The van der Waals surface area contributed by atoms with Crippen LogP contribution in [-0.4, -0.2) is 4.57 Å². The van der Waals surface area contributed by atoms with Crippen molar-refractivity contribution in [1.29, 1.82) is 0 Å². The molecule has 0 aliphatic heterocycles. The Morgan fingerprint density at radius 3 is 1.57 bits per heavy atom. The molecule has 0 amide bonds. The van der Waals surface area contributed by atoms with Crippen LogP contribution in [0.15, 0.2) is 218 Å². The van der Waals surface area contributed by atoms with E-state index in [4.69, 9.17) is 0 Å². The summed E-state index contributed by atoms with van der Waals surface area (Å²) in [6.07, 6.45) is 0. The topological polar surface area (TPSA) is 8.17 Å². The highest BCUT2D eigenvalue weighted by Gasteiger charge is 2.19. The van der Waals surface area contributed by atoms with Gasteiger partial charge in [-0.15, -0.1) is 0 Å². The first kappa shape index (κ1) is 32.0. The quantitative estimate of drug-likeness (QED) is 0.156. The van der Waals surface area contributed by atoms with Gasteiger partial charge in [0.15, 0.2) is 0 Å². The molecule has 0 saturated carbocycles. The first-order chi connectivity index (χ1) is 27.8. The van der Waals surface area contributed by atoms with Crippen LogP contribution in [-0.2, 0) is 0 Å². The molecule has 0 aliphatic rings. The molecule has 1 aromatic heterocycles. The predicted molar refractivity (Wildman–Crippen MR) is 239 cm³/mol. The fourth-order valence-corrected chi connectivity index (χ4v) is 8.63. The monoisotopic (exact) mass is 712 g/mol. The van der Waals surface area contributed by atoms with Crippen molar-refractivity contribution in [1.82, 2.24) is 4.57 Å². The third-order valence-corrected chi connectivity index (χ3v) is 11.3. The normalized spacial score (nSPS) is 11.6. The van der Waals surface area contributed by atoms with Gasteiger partial charge in [0, 0.05) is 33.2 Å². The van der Waals surface area contributed by atoms with Gasteiger partial charge in [-0.25, -0.2) is 0 Å². The summed E-state index contributed by atoms with van der Waals surface area (Å²) >= 11 is 0. The lowest BCUT2D eigenvalue weighted by molar-refractivity contribution is 1.19. The lowest BCUT2D eigenvalue weighted by Gasteiger charge is -2.28. The third-order valence-electron chi connectivity index (χ3n) is 11.3. The van der Waals surface area contributed by atoms with Crippen molar-refractivity contribution in [3.63, 3.8) is 0 Å². The molecule has 0 atom stereocenters. The van der Waals surface area contributed by atoms with Crippen molar-refractivity contribution in [2.75, 3.05) is 4.90 Å². The molecule has 56 heavy (non-hydrogen) atoms. The lowest BCUT2D eigenvalue weighted by Crippen LogP contribution is -2.10. The number of para-hydroxylation sites is 1. The standard InChI is InChI=1S/C54H36N2/c1-2-12-37(13-3-1)39-22-28-44(29-23-39)55(54-36-43-16-6-7-17-47(43)48-18-8-9-19-49(48)54)45-30-24-40(25-31-45)42-27-33-53-51(35-42)50-20-10-11-21-52(50)56(53)46-32-26-38-14-4-5-15-41(38)34-46/h1-36H. The van der Waals surface area contributed by atoms with E-state index in [1.807, 2.05) is 0 Å². The number of aromatic nitrogens is 1. The van der Waals surface area contributed by atoms with Crippen LogP contribution in [0.3, 0.4) is 0 Å². The number of nitrogens with zero attached hydrogens (tertiary/aromatic N) is 2. The summed E-state index contributed by atoms with van der Waals surface area (Å²) in [5.41, 5.74) is 11.7. The Morgan fingerprint density at radius 2 is 0.821 bits per heavy atom. The van der Waals surface area contributed by atoms with Crippen molar-refractivity contribution in [3.8, 4) is 27.9 Å². The maximum Gasteiger partial charge on any atom is 0.0546 e. The molecule has 0 radical (unpaired) electrons. The average molecular weight is 713 g/mol. The van der Waals surface area contributed by atoms with Crippen LogP contribution in [0.2, 0.25) is 0 Å². The molecule has 1 heterocycles. The number of anilines is 3. The summed E-state index contributed by atoms with van der Waals surface area (Å²) in [6.45, 7) is 0. The third kappa shape index (κ3) is 5.34. The molecule has 11 aromatic rings. The van der Waals surface area contributed by atoms with E-state index < -0.39 is 0 Å². The molecule has 11 rings (SSSR count). The highest BCUT2D eigenvalue weighted by atomic mass is 15.1. The number of hydrogen-bond acceptors (Lipinski definition) is 1. The first-order valence-electron chi connectivity index (χ1n) is 19.3. The van der Waals surface area contributed by atoms with Gasteiger partial charge in [0.05, 0.1) is 16.7 Å². The van der Waals surface area contributed by atoms with E-state index in [9.17, 15) is 0 Å². The molecule has 0 N–H and O–H groups in total. The van der Waals surface area contributed by atoms with Crippen molar-refractivity contribution >= 4 is 71.2 Å². The van der Waals surface area contributed by atoms with Crippen LogP contribution in [0.5, 0.6) is 0 Å². The Hall–Kier alpha value is -7.42. The van der Waals surface area contributed by atoms with E-state index in [-0.39, 0.29) is 0 Å². The van der Waals surface area contributed by atoms with Gasteiger partial charge in [-0.1, -0.05) is 158 Å². The SMILES string of the molecule is c1ccc(-c2ccc(N(c3ccc(-c4ccc5c(c4)c4ccccc4n5-c4ccc5ccccc5c4)cc3)c3cc4ccccc4c4ccccc34)cc2)cc1. The van der Waals surface area contributed by atoms with Crippen LogP contribution >= 0.6 is 0 Å². The second-order valence-corrected chi connectivity index (χ2v) is 14.6. The van der Waals surface area contributed by atoms with Gasteiger partial charge in [0.25, 0.3) is 0 Å². The van der Waals surface area contributed by atoms with Crippen LogP contribution < -0.4 is 4.90 Å². The summed E-state index contributed by atoms with van der Waals surface area (Å²) in [5, 5.41) is 9.94. The minimum Gasteiger partial charge on any atom is -0.310 e. The van der Waals surface area contributed by atoms with E-state index in [1.165, 1.54) is 82.1 Å². The number of fused-ring (bicyclic) bond motifs is 7. The van der Waals surface area contributed by atoms with Crippen LogP contribution in [0.1, 0.15) is 0 Å². The maximum absolute atomic E-state index is 2.41. The Balaban J connectivity index is 1.04. The van der Waals surface area contributed by atoms with Gasteiger partial charge in [-0.3, -0.25) is 0 Å². The van der Waals surface area contributed by atoms with Gasteiger partial charge in [-0.2, -0.15) is 0 Å². The first-order valence-corrected chi connectivity index (χ1v) is 19.3. The molecule has 0 unspecified atom stereocenters. The van der Waals surface area contributed by atoms with Gasteiger partial charge in [0.1, 0.15) is 0 Å². The maximum atomic E-state index is 2.41. The van der Waals surface area contributed by atoms with Crippen LogP contribution in [0, 0.1) is 0 Å². The average Bonchev–Trinajstić information content (AvgIpc) is 3.61. The Bertz CT molecular complexity index is 3230. The van der Waals surface area contributed by atoms with Crippen molar-refractivity contribution in [3.05, 3.63) is 218 Å². The molecule has 2 nitrogen and oxygen atoms in total. The zero-order valence-electron chi connectivity index (χ0n) is 30.7. The van der Waals surface area contributed by atoms with Crippen molar-refractivity contribution < 1.29 is 0 Å². The molecule has 0 fully saturated rings. The molecule has 0 bridgehead atoms. The summed E-state index contributed by atoms with van der Waals surface area (Å²) in [7, 11) is 0. The molecule has 0 saturated heterocycles. The van der Waals surface area contributed by atoms with E-state index in [0.29, 0.717) is 0 Å². The van der Waals surface area contributed by atoms with E-state index in [0.717, 1.165) is 17.1 Å². The molecule has 10 aromatic carbocycles. The van der Waals surface area contributed by atoms with Gasteiger partial charge < -0.3 is 9.47 Å². The highest BCUT2D eigenvalue weighted by Crippen LogP contribution is 2.43. The minimum absolute atomic E-state index is 1.11. The van der Waals surface area contributed by atoms with E-state index in [2.05, 4.69) is 228 Å².